The van der Waals surface area contributed by atoms with E-state index in [0.29, 0.717) is 5.56 Å². The highest BCUT2D eigenvalue weighted by Gasteiger charge is 2.13. The molecule has 0 aliphatic heterocycles. The van der Waals surface area contributed by atoms with Gasteiger partial charge in [0.25, 0.3) is 0 Å². The SMILES string of the molecule is [2H]C([2H])([2H])c1ccc2nc(-c3ccccc3)n(-c3ccccc3)c2c1. The van der Waals surface area contributed by atoms with E-state index in [1.165, 1.54) is 0 Å². The van der Waals surface area contributed by atoms with Crippen LogP contribution in [-0.2, 0) is 0 Å². The Hall–Kier alpha value is -2.87. The van der Waals surface area contributed by atoms with Gasteiger partial charge in [0.15, 0.2) is 0 Å². The maximum atomic E-state index is 7.70. The van der Waals surface area contributed by atoms with E-state index in [1.807, 2.05) is 65.2 Å². The van der Waals surface area contributed by atoms with Gasteiger partial charge in [-0.3, -0.25) is 4.57 Å². The zero-order valence-corrected chi connectivity index (χ0v) is 11.9. The number of nitrogens with zero attached hydrogens (tertiary/aromatic N) is 2. The Morgan fingerprint density at radius 2 is 1.59 bits per heavy atom. The lowest BCUT2D eigenvalue weighted by atomic mass is 10.2. The summed E-state index contributed by atoms with van der Waals surface area (Å²) in [4.78, 5) is 4.76. The van der Waals surface area contributed by atoms with Crippen LogP contribution in [0.15, 0.2) is 78.9 Å². The molecule has 0 aliphatic carbocycles. The van der Waals surface area contributed by atoms with Crippen molar-refractivity contribution in [3.8, 4) is 17.1 Å². The molecule has 4 aromatic rings. The average Bonchev–Trinajstić information content (AvgIpc) is 3.01. The second kappa shape index (κ2) is 5.15. The van der Waals surface area contributed by atoms with Gasteiger partial charge in [0.2, 0.25) is 0 Å². The molecule has 0 spiro atoms. The summed E-state index contributed by atoms with van der Waals surface area (Å²) in [5, 5.41) is 0. The molecule has 4 rings (SSSR count). The van der Waals surface area contributed by atoms with Crippen LogP contribution in [-0.4, -0.2) is 9.55 Å². The Kier molecular flexibility index (Phi) is 2.33. The minimum absolute atomic E-state index is 0.316. The molecular weight excluding hydrogens is 268 g/mol. The first-order valence-electron chi connectivity index (χ1n) is 8.68. The number of rotatable bonds is 2. The summed E-state index contributed by atoms with van der Waals surface area (Å²) in [6.07, 6.45) is 0. The zero-order chi connectivity index (χ0) is 17.4. The molecule has 1 aromatic heterocycles. The first-order valence-corrected chi connectivity index (χ1v) is 7.18. The molecule has 0 bridgehead atoms. The van der Waals surface area contributed by atoms with Crippen molar-refractivity contribution in [3.63, 3.8) is 0 Å². The lowest BCUT2D eigenvalue weighted by Gasteiger charge is -2.09. The largest absolute Gasteiger partial charge is 0.292 e. The van der Waals surface area contributed by atoms with Gasteiger partial charge in [-0.25, -0.2) is 4.98 Å². The molecule has 0 saturated carbocycles. The minimum atomic E-state index is -2.15. The van der Waals surface area contributed by atoms with E-state index in [0.717, 1.165) is 28.1 Å². The molecule has 0 atom stereocenters. The Bertz CT molecular complexity index is 1020. The molecule has 3 aromatic carbocycles. The van der Waals surface area contributed by atoms with Gasteiger partial charge < -0.3 is 0 Å². The molecule has 0 N–H and O–H groups in total. The first kappa shape index (κ1) is 9.96. The third-order valence-electron chi connectivity index (χ3n) is 3.70. The number of benzene rings is 3. The second-order valence-corrected chi connectivity index (χ2v) is 5.18. The van der Waals surface area contributed by atoms with Gasteiger partial charge in [0.1, 0.15) is 5.82 Å². The minimum Gasteiger partial charge on any atom is -0.292 e. The van der Waals surface area contributed by atoms with Gasteiger partial charge in [-0.1, -0.05) is 54.6 Å². The molecule has 0 saturated heterocycles. The molecule has 1 heterocycles. The summed E-state index contributed by atoms with van der Waals surface area (Å²) in [7, 11) is 0. The number of aromatic nitrogens is 2. The lowest BCUT2D eigenvalue weighted by molar-refractivity contribution is 1.10. The van der Waals surface area contributed by atoms with Crippen molar-refractivity contribution in [1.82, 2.24) is 9.55 Å². The molecule has 2 heteroatoms. The van der Waals surface area contributed by atoms with Crippen molar-refractivity contribution in [1.29, 1.82) is 0 Å². The molecule has 0 aliphatic rings. The smallest absolute Gasteiger partial charge is 0.145 e. The number of para-hydroxylation sites is 1. The predicted molar refractivity (Wildman–Crippen MR) is 91.2 cm³/mol. The van der Waals surface area contributed by atoms with E-state index >= 15 is 0 Å². The van der Waals surface area contributed by atoms with Crippen LogP contribution in [0.5, 0.6) is 0 Å². The Labute approximate surface area is 133 Å². The topological polar surface area (TPSA) is 17.8 Å². The summed E-state index contributed by atoms with van der Waals surface area (Å²) in [6.45, 7) is -2.15. The van der Waals surface area contributed by atoms with Crippen LogP contribution in [0.3, 0.4) is 0 Å². The van der Waals surface area contributed by atoms with Crippen LogP contribution in [0.4, 0.5) is 0 Å². The van der Waals surface area contributed by atoms with E-state index in [9.17, 15) is 0 Å². The fourth-order valence-corrected chi connectivity index (χ4v) is 2.69. The number of imidazole rings is 1. The van der Waals surface area contributed by atoms with Crippen LogP contribution in [0.1, 0.15) is 9.68 Å². The van der Waals surface area contributed by atoms with Crippen LogP contribution in [0.25, 0.3) is 28.1 Å². The Morgan fingerprint density at radius 1 is 0.864 bits per heavy atom. The highest BCUT2D eigenvalue weighted by molar-refractivity contribution is 5.83. The third kappa shape index (κ3) is 2.09. The zero-order valence-electron chi connectivity index (χ0n) is 14.9. The van der Waals surface area contributed by atoms with E-state index in [-0.39, 0.29) is 0 Å². The lowest BCUT2D eigenvalue weighted by Crippen LogP contribution is -1.97. The monoisotopic (exact) mass is 287 g/mol. The summed E-state index contributed by atoms with van der Waals surface area (Å²) in [6, 6.07) is 24.9. The Balaban J connectivity index is 2.05. The van der Waals surface area contributed by atoms with Crippen molar-refractivity contribution < 1.29 is 4.11 Å². The van der Waals surface area contributed by atoms with Crippen LogP contribution < -0.4 is 0 Å². The maximum absolute atomic E-state index is 7.70. The summed E-state index contributed by atoms with van der Waals surface area (Å²) in [5.41, 5.74) is 3.82. The first-order chi connectivity index (χ1) is 12.0. The summed E-state index contributed by atoms with van der Waals surface area (Å²) >= 11 is 0. The summed E-state index contributed by atoms with van der Waals surface area (Å²) < 4.78 is 25.1. The molecule has 106 valence electrons. The standard InChI is InChI=1S/C20H16N2/c1-15-12-13-18-19(14-15)22(17-10-6-3-7-11-17)20(21-18)16-8-4-2-5-9-16/h2-14H,1H3/i1D3. The van der Waals surface area contributed by atoms with Crippen molar-refractivity contribution in [2.45, 2.75) is 6.85 Å². The molecule has 2 nitrogen and oxygen atoms in total. The van der Waals surface area contributed by atoms with Crippen molar-refractivity contribution in [2.24, 2.45) is 0 Å². The van der Waals surface area contributed by atoms with E-state index in [4.69, 9.17) is 9.10 Å². The van der Waals surface area contributed by atoms with E-state index in [1.54, 1.807) is 18.2 Å². The predicted octanol–water partition coefficient (Wildman–Crippen LogP) is 5.00. The van der Waals surface area contributed by atoms with Crippen molar-refractivity contribution in [2.75, 3.05) is 0 Å². The van der Waals surface area contributed by atoms with E-state index in [2.05, 4.69) is 0 Å². The summed E-state index contributed by atoms with van der Waals surface area (Å²) in [5.74, 6) is 0.796. The molecule has 0 amide bonds. The fraction of sp³-hybridized carbons (Fsp3) is 0.0500. The normalized spacial score (nSPS) is 13.5. The average molecular weight is 287 g/mol. The van der Waals surface area contributed by atoms with Crippen LogP contribution in [0, 0.1) is 6.85 Å². The number of hydrogen-bond acceptors (Lipinski definition) is 1. The molecule has 0 radical (unpaired) electrons. The molecule has 0 fully saturated rings. The highest BCUT2D eigenvalue weighted by Crippen LogP contribution is 2.28. The van der Waals surface area contributed by atoms with Gasteiger partial charge in [0, 0.05) is 15.4 Å². The number of hydrogen-bond donors (Lipinski definition) is 0. The second-order valence-electron chi connectivity index (χ2n) is 5.18. The molecule has 0 unspecified atom stereocenters. The molecular formula is C20H16N2. The van der Waals surface area contributed by atoms with Gasteiger partial charge in [-0.05, 0) is 36.7 Å². The van der Waals surface area contributed by atoms with Gasteiger partial charge in [0.05, 0.1) is 11.0 Å². The number of fused-ring (bicyclic) bond motifs is 1. The van der Waals surface area contributed by atoms with Crippen LogP contribution >= 0.6 is 0 Å². The quantitative estimate of drug-likeness (QED) is 0.507. The molecule has 22 heavy (non-hydrogen) atoms. The third-order valence-corrected chi connectivity index (χ3v) is 3.70. The van der Waals surface area contributed by atoms with Gasteiger partial charge >= 0.3 is 0 Å². The van der Waals surface area contributed by atoms with Gasteiger partial charge in [-0.15, -0.1) is 0 Å². The Morgan fingerprint density at radius 3 is 2.32 bits per heavy atom. The van der Waals surface area contributed by atoms with E-state index < -0.39 is 6.85 Å². The maximum Gasteiger partial charge on any atom is 0.145 e. The number of aryl methyl sites for hydroxylation is 1. The highest BCUT2D eigenvalue weighted by atomic mass is 15.1. The fourth-order valence-electron chi connectivity index (χ4n) is 2.69. The van der Waals surface area contributed by atoms with Crippen LogP contribution in [0.2, 0.25) is 0 Å². The van der Waals surface area contributed by atoms with Crippen molar-refractivity contribution >= 4 is 11.0 Å². The van der Waals surface area contributed by atoms with Crippen molar-refractivity contribution in [3.05, 3.63) is 84.4 Å². The van der Waals surface area contributed by atoms with Gasteiger partial charge in [-0.2, -0.15) is 0 Å².